The van der Waals surface area contributed by atoms with E-state index < -0.39 is 0 Å². The molecule has 0 spiro atoms. The Morgan fingerprint density at radius 2 is 1.81 bits per heavy atom. The Morgan fingerprint density at radius 3 is 2.44 bits per heavy atom. The van der Waals surface area contributed by atoms with Gasteiger partial charge in [0.2, 0.25) is 0 Å². The Hall–Kier alpha value is -0.860. The third-order valence-corrected chi connectivity index (χ3v) is 2.86. The molecule has 1 aromatic rings. The summed E-state index contributed by atoms with van der Waals surface area (Å²) in [6.07, 6.45) is 3.15. The second-order valence-corrected chi connectivity index (χ2v) is 4.37. The van der Waals surface area contributed by atoms with Crippen LogP contribution >= 0.6 is 0 Å². The highest BCUT2D eigenvalue weighted by Gasteiger charge is 2.02. The monoisotopic (exact) mass is 221 g/mol. The maximum atomic E-state index is 8.66. The lowest BCUT2D eigenvalue weighted by atomic mass is 10.1. The molecule has 0 heterocycles. The molecule has 2 N–H and O–H groups in total. The Bertz CT molecular complexity index is 281. The van der Waals surface area contributed by atoms with Crippen LogP contribution in [0.3, 0.4) is 0 Å². The molecule has 16 heavy (non-hydrogen) atoms. The summed E-state index contributed by atoms with van der Waals surface area (Å²) in [5.41, 5.74) is 2.65. The highest BCUT2D eigenvalue weighted by Crippen LogP contribution is 2.12. The first-order valence-corrected chi connectivity index (χ1v) is 6.15. The molecule has 0 bridgehead atoms. The Morgan fingerprint density at radius 1 is 1.12 bits per heavy atom. The van der Waals surface area contributed by atoms with Gasteiger partial charge in [0.15, 0.2) is 0 Å². The van der Waals surface area contributed by atoms with Crippen LogP contribution in [0.1, 0.15) is 43.4 Å². The third-order valence-electron chi connectivity index (χ3n) is 2.86. The van der Waals surface area contributed by atoms with Gasteiger partial charge < -0.3 is 10.4 Å². The van der Waals surface area contributed by atoms with Crippen LogP contribution < -0.4 is 5.32 Å². The standard InChI is InChI=1S/C14H23NO/c1-12-6-8-14(9-7-12)13(2)15-10-4-3-5-11-16/h6-9,13,15-16H,3-5,10-11H2,1-2H3/t13-/m1/s1. The predicted molar refractivity (Wildman–Crippen MR) is 68.5 cm³/mol. The fourth-order valence-corrected chi connectivity index (χ4v) is 1.71. The van der Waals surface area contributed by atoms with Crippen molar-refractivity contribution in [3.8, 4) is 0 Å². The molecular weight excluding hydrogens is 198 g/mol. The number of hydrogen-bond donors (Lipinski definition) is 2. The molecule has 2 nitrogen and oxygen atoms in total. The first-order valence-electron chi connectivity index (χ1n) is 6.15. The second-order valence-electron chi connectivity index (χ2n) is 4.37. The molecule has 2 heteroatoms. The first-order chi connectivity index (χ1) is 7.74. The zero-order chi connectivity index (χ0) is 11.8. The quantitative estimate of drug-likeness (QED) is 0.694. The second kappa shape index (κ2) is 7.42. The molecule has 0 aliphatic carbocycles. The minimum absolute atomic E-state index is 0.313. The van der Waals surface area contributed by atoms with Crippen LogP contribution in [0.15, 0.2) is 24.3 Å². The fraction of sp³-hybridized carbons (Fsp3) is 0.571. The van der Waals surface area contributed by atoms with Crippen LogP contribution in [0, 0.1) is 6.92 Å². The zero-order valence-electron chi connectivity index (χ0n) is 10.4. The van der Waals surface area contributed by atoms with Crippen molar-refractivity contribution in [3.05, 3.63) is 35.4 Å². The summed E-state index contributed by atoms with van der Waals surface area (Å²) >= 11 is 0. The number of aliphatic hydroxyl groups excluding tert-OH is 1. The van der Waals surface area contributed by atoms with Gasteiger partial charge in [-0.1, -0.05) is 29.8 Å². The molecule has 0 amide bonds. The maximum absolute atomic E-state index is 8.66. The number of aliphatic hydroxyl groups is 1. The van der Waals surface area contributed by atoms with Crippen molar-refractivity contribution in [1.82, 2.24) is 5.32 Å². The summed E-state index contributed by atoms with van der Waals surface area (Å²) in [6, 6.07) is 9.08. The Balaban J connectivity index is 2.24. The number of benzene rings is 1. The van der Waals surface area contributed by atoms with Crippen LogP contribution in [0.25, 0.3) is 0 Å². The largest absolute Gasteiger partial charge is 0.396 e. The van der Waals surface area contributed by atoms with Crippen molar-refractivity contribution in [2.45, 2.75) is 39.2 Å². The number of hydrogen-bond acceptors (Lipinski definition) is 2. The lowest BCUT2D eigenvalue weighted by molar-refractivity contribution is 0.282. The van der Waals surface area contributed by atoms with Gasteiger partial charge in [-0.3, -0.25) is 0 Å². The van der Waals surface area contributed by atoms with Crippen LogP contribution in [-0.2, 0) is 0 Å². The van der Waals surface area contributed by atoms with Crippen molar-refractivity contribution in [2.24, 2.45) is 0 Å². The molecule has 90 valence electrons. The normalized spacial score (nSPS) is 12.7. The van der Waals surface area contributed by atoms with E-state index in [9.17, 15) is 0 Å². The van der Waals surface area contributed by atoms with Gasteiger partial charge in [0.05, 0.1) is 0 Å². The summed E-state index contributed by atoms with van der Waals surface area (Å²) in [5, 5.41) is 12.2. The molecule has 0 aliphatic heterocycles. The van der Waals surface area contributed by atoms with E-state index in [1.165, 1.54) is 11.1 Å². The number of rotatable bonds is 7. The van der Waals surface area contributed by atoms with E-state index in [1.807, 2.05) is 0 Å². The Kier molecular flexibility index (Phi) is 6.12. The highest BCUT2D eigenvalue weighted by atomic mass is 16.2. The number of unbranched alkanes of at least 4 members (excludes halogenated alkanes) is 2. The molecule has 0 radical (unpaired) electrons. The van der Waals surface area contributed by atoms with Crippen molar-refractivity contribution in [1.29, 1.82) is 0 Å². The molecule has 1 atom stereocenters. The van der Waals surface area contributed by atoms with Crippen molar-refractivity contribution >= 4 is 0 Å². The van der Waals surface area contributed by atoms with E-state index >= 15 is 0 Å². The molecule has 0 unspecified atom stereocenters. The van der Waals surface area contributed by atoms with E-state index in [1.54, 1.807) is 0 Å². The van der Waals surface area contributed by atoms with Crippen LogP contribution in [-0.4, -0.2) is 18.3 Å². The lowest BCUT2D eigenvalue weighted by Gasteiger charge is -2.14. The fourth-order valence-electron chi connectivity index (χ4n) is 1.71. The highest BCUT2D eigenvalue weighted by molar-refractivity contribution is 5.23. The maximum Gasteiger partial charge on any atom is 0.0431 e. The predicted octanol–water partition coefficient (Wildman–Crippen LogP) is 2.81. The molecule has 1 rings (SSSR count). The molecule has 0 aliphatic rings. The average molecular weight is 221 g/mol. The van der Waals surface area contributed by atoms with Crippen LogP contribution in [0.5, 0.6) is 0 Å². The van der Waals surface area contributed by atoms with Gasteiger partial charge in [-0.05, 0) is 45.2 Å². The van der Waals surface area contributed by atoms with E-state index in [2.05, 4.69) is 43.4 Å². The van der Waals surface area contributed by atoms with Gasteiger partial charge in [-0.2, -0.15) is 0 Å². The average Bonchev–Trinajstić information content (AvgIpc) is 2.29. The molecular formula is C14H23NO. The van der Waals surface area contributed by atoms with E-state index in [4.69, 9.17) is 5.11 Å². The number of aryl methyl sites for hydroxylation is 1. The smallest absolute Gasteiger partial charge is 0.0431 e. The van der Waals surface area contributed by atoms with Gasteiger partial charge in [-0.15, -0.1) is 0 Å². The first kappa shape index (κ1) is 13.2. The van der Waals surface area contributed by atoms with Gasteiger partial charge in [0.25, 0.3) is 0 Å². The molecule has 0 saturated heterocycles. The lowest BCUT2D eigenvalue weighted by Crippen LogP contribution is -2.19. The summed E-state index contributed by atoms with van der Waals surface area (Å²) in [4.78, 5) is 0. The van der Waals surface area contributed by atoms with E-state index in [0.29, 0.717) is 12.6 Å². The van der Waals surface area contributed by atoms with Gasteiger partial charge in [-0.25, -0.2) is 0 Å². The van der Waals surface area contributed by atoms with E-state index in [0.717, 1.165) is 25.8 Å². The summed E-state index contributed by atoms with van der Waals surface area (Å²) in [6.45, 7) is 5.63. The Labute approximate surface area is 98.7 Å². The molecule has 0 saturated carbocycles. The topological polar surface area (TPSA) is 32.3 Å². The molecule has 1 aromatic carbocycles. The van der Waals surface area contributed by atoms with Gasteiger partial charge >= 0.3 is 0 Å². The van der Waals surface area contributed by atoms with Crippen molar-refractivity contribution in [2.75, 3.05) is 13.2 Å². The number of nitrogens with one attached hydrogen (secondary N) is 1. The molecule has 0 fully saturated rings. The van der Waals surface area contributed by atoms with Crippen molar-refractivity contribution in [3.63, 3.8) is 0 Å². The minimum atomic E-state index is 0.313. The summed E-state index contributed by atoms with van der Waals surface area (Å²) in [7, 11) is 0. The van der Waals surface area contributed by atoms with E-state index in [-0.39, 0.29) is 0 Å². The zero-order valence-corrected chi connectivity index (χ0v) is 10.4. The van der Waals surface area contributed by atoms with Crippen molar-refractivity contribution < 1.29 is 5.11 Å². The SMILES string of the molecule is Cc1ccc([C@@H](C)NCCCCCO)cc1. The minimum Gasteiger partial charge on any atom is -0.396 e. The van der Waals surface area contributed by atoms with Gasteiger partial charge in [0.1, 0.15) is 0 Å². The summed E-state index contributed by atoms with van der Waals surface area (Å²) < 4.78 is 0. The van der Waals surface area contributed by atoms with Crippen LogP contribution in [0.2, 0.25) is 0 Å². The third kappa shape index (κ3) is 4.77. The summed E-state index contributed by atoms with van der Waals surface area (Å²) in [5.74, 6) is 0. The van der Waals surface area contributed by atoms with Crippen LogP contribution in [0.4, 0.5) is 0 Å². The van der Waals surface area contributed by atoms with Gasteiger partial charge in [0, 0.05) is 12.6 Å². The molecule has 0 aromatic heterocycles.